The van der Waals surface area contributed by atoms with Crippen LogP contribution < -0.4 is 10.1 Å². The number of anilines is 1. The van der Waals surface area contributed by atoms with E-state index in [1.807, 2.05) is 6.07 Å². The second-order valence-electron chi connectivity index (χ2n) is 5.39. The van der Waals surface area contributed by atoms with Gasteiger partial charge in [-0.2, -0.15) is 0 Å². The van der Waals surface area contributed by atoms with Crippen molar-refractivity contribution in [2.45, 2.75) is 0 Å². The first-order valence-corrected chi connectivity index (χ1v) is 8.33. The van der Waals surface area contributed by atoms with Crippen molar-refractivity contribution in [2.24, 2.45) is 7.05 Å². The second-order valence-corrected chi connectivity index (χ2v) is 6.30. The Morgan fingerprint density at radius 3 is 2.32 bits per heavy atom. The third kappa shape index (κ3) is 4.16. The molecule has 25 heavy (non-hydrogen) atoms. The van der Waals surface area contributed by atoms with Crippen LogP contribution >= 0.6 is 15.9 Å². The molecule has 1 N–H and O–H groups in total. The summed E-state index contributed by atoms with van der Waals surface area (Å²) in [5.74, 6) is -0.242. The van der Waals surface area contributed by atoms with E-state index in [-0.39, 0.29) is 5.91 Å². The first-order chi connectivity index (χ1) is 12.0. The molecule has 5 nitrogen and oxygen atoms in total. The molecule has 1 heterocycles. The van der Waals surface area contributed by atoms with Crippen molar-refractivity contribution in [3.8, 4) is 5.75 Å². The lowest BCUT2D eigenvalue weighted by molar-refractivity contribution is 0.0724. The van der Waals surface area contributed by atoms with Gasteiger partial charge in [0, 0.05) is 29.0 Å². The molecule has 0 saturated carbocycles. The standard InChI is InChI=1S/C19H15BrN2O3/c1-22-12-14(20)11-17(22)19(24)25-16-9-7-15(8-10-16)21-18(23)13-5-3-2-4-6-13/h2-12H,1H3,(H,21,23). The van der Waals surface area contributed by atoms with E-state index in [4.69, 9.17) is 4.74 Å². The van der Waals surface area contributed by atoms with Crippen molar-refractivity contribution in [3.05, 3.63) is 82.6 Å². The molecule has 0 aliphatic rings. The van der Waals surface area contributed by atoms with Crippen LogP contribution in [-0.2, 0) is 7.05 Å². The normalized spacial score (nSPS) is 10.3. The summed E-state index contributed by atoms with van der Waals surface area (Å²) in [5, 5.41) is 2.79. The van der Waals surface area contributed by atoms with Gasteiger partial charge in [0.25, 0.3) is 5.91 Å². The quantitative estimate of drug-likeness (QED) is 0.527. The molecule has 0 aliphatic carbocycles. The number of benzene rings is 2. The maximum absolute atomic E-state index is 12.2. The van der Waals surface area contributed by atoms with Crippen molar-refractivity contribution in [1.82, 2.24) is 4.57 Å². The monoisotopic (exact) mass is 398 g/mol. The van der Waals surface area contributed by atoms with Gasteiger partial charge < -0.3 is 14.6 Å². The van der Waals surface area contributed by atoms with Crippen molar-refractivity contribution in [3.63, 3.8) is 0 Å². The molecule has 1 aromatic heterocycles. The molecule has 1 amide bonds. The van der Waals surface area contributed by atoms with Gasteiger partial charge in [-0.25, -0.2) is 4.79 Å². The maximum Gasteiger partial charge on any atom is 0.360 e. The fourth-order valence-electron chi connectivity index (χ4n) is 2.29. The number of aromatic nitrogens is 1. The Kier molecular flexibility index (Phi) is 5.00. The highest BCUT2D eigenvalue weighted by atomic mass is 79.9. The zero-order chi connectivity index (χ0) is 17.8. The van der Waals surface area contributed by atoms with E-state index in [1.165, 1.54) is 0 Å². The lowest BCUT2D eigenvalue weighted by atomic mass is 10.2. The van der Waals surface area contributed by atoms with Crippen LogP contribution in [0.5, 0.6) is 5.75 Å². The van der Waals surface area contributed by atoms with Crippen LogP contribution in [-0.4, -0.2) is 16.4 Å². The minimum Gasteiger partial charge on any atom is -0.422 e. The zero-order valence-corrected chi connectivity index (χ0v) is 15.0. The molecule has 0 unspecified atom stereocenters. The Hall–Kier alpha value is -2.86. The highest BCUT2D eigenvalue weighted by Crippen LogP contribution is 2.19. The van der Waals surface area contributed by atoms with Gasteiger partial charge in [0.05, 0.1) is 0 Å². The Bertz CT molecular complexity index is 902. The van der Waals surface area contributed by atoms with E-state index >= 15 is 0 Å². The van der Waals surface area contributed by atoms with Gasteiger partial charge in [0.1, 0.15) is 11.4 Å². The maximum atomic E-state index is 12.2. The minimum atomic E-state index is -0.450. The summed E-state index contributed by atoms with van der Waals surface area (Å²) in [7, 11) is 1.77. The van der Waals surface area contributed by atoms with E-state index < -0.39 is 5.97 Å². The molecular weight excluding hydrogens is 384 g/mol. The molecule has 0 atom stereocenters. The number of aryl methyl sites for hydroxylation is 1. The lowest BCUT2D eigenvalue weighted by Crippen LogP contribution is -2.13. The number of ether oxygens (including phenoxy) is 1. The highest BCUT2D eigenvalue weighted by Gasteiger charge is 2.13. The Morgan fingerprint density at radius 2 is 1.72 bits per heavy atom. The molecule has 2 aromatic carbocycles. The number of carbonyl (C=O) groups is 2. The first-order valence-electron chi connectivity index (χ1n) is 7.53. The molecule has 0 spiro atoms. The van der Waals surface area contributed by atoms with Crippen LogP contribution in [0.15, 0.2) is 71.3 Å². The summed E-state index contributed by atoms with van der Waals surface area (Å²) in [4.78, 5) is 24.3. The predicted octanol–water partition coefficient (Wildman–Crippen LogP) is 4.26. The molecule has 0 fully saturated rings. The molecule has 0 saturated heterocycles. The van der Waals surface area contributed by atoms with Crippen LogP contribution in [0.2, 0.25) is 0 Å². The summed E-state index contributed by atoms with van der Waals surface area (Å²) in [6.45, 7) is 0. The number of amides is 1. The van der Waals surface area contributed by atoms with E-state index in [1.54, 1.807) is 72.4 Å². The molecule has 126 valence electrons. The summed E-state index contributed by atoms with van der Waals surface area (Å²) < 4.78 is 7.83. The van der Waals surface area contributed by atoms with Crippen LogP contribution in [0.4, 0.5) is 5.69 Å². The molecule has 3 aromatic rings. The lowest BCUT2D eigenvalue weighted by Gasteiger charge is -2.08. The molecule has 3 rings (SSSR count). The average Bonchev–Trinajstić information content (AvgIpc) is 2.96. The molecule has 0 radical (unpaired) electrons. The van der Waals surface area contributed by atoms with Crippen molar-refractivity contribution in [1.29, 1.82) is 0 Å². The smallest absolute Gasteiger partial charge is 0.360 e. The number of carbonyl (C=O) groups excluding carboxylic acids is 2. The minimum absolute atomic E-state index is 0.195. The highest BCUT2D eigenvalue weighted by molar-refractivity contribution is 9.10. The fraction of sp³-hybridized carbons (Fsp3) is 0.0526. The first kappa shape index (κ1) is 17.0. The van der Waals surface area contributed by atoms with Crippen molar-refractivity contribution < 1.29 is 14.3 Å². The van der Waals surface area contributed by atoms with E-state index in [2.05, 4.69) is 21.2 Å². The van der Waals surface area contributed by atoms with Crippen LogP contribution in [0, 0.1) is 0 Å². The number of halogens is 1. The third-order valence-corrected chi connectivity index (χ3v) is 3.97. The number of esters is 1. The summed E-state index contributed by atoms with van der Waals surface area (Å²) in [5.41, 5.74) is 1.64. The SMILES string of the molecule is Cn1cc(Br)cc1C(=O)Oc1ccc(NC(=O)c2ccccc2)cc1. The Morgan fingerprint density at radius 1 is 1.04 bits per heavy atom. The van der Waals surface area contributed by atoms with E-state index in [0.29, 0.717) is 22.7 Å². The molecule has 0 bridgehead atoms. The molecule has 6 heteroatoms. The van der Waals surface area contributed by atoms with Crippen molar-refractivity contribution in [2.75, 3.05) is 5.32 Å². The summed E-state index contributed by atoms with van der Waals surface area (Å²) in [6.07, 6.45) is 1.78. The number of rotatable bonds is 4. The Labute approximate surface area is 153 Å². The fourth-order valence-corrected chi connectivity index (χ4v) is 2.81. The van der Waals surface area contributed by atoms with E-state index in [9.17, 15) is 9.59 Å². The third-order valence-electron chi connectivity index (χ3n) is 3.54. The van der Waals surface area contributed by atoms with Gasteiger partial charge in [-0.15, -0.1) is 0 Å². The zero-order valence-electron chi connectivity index (χ0n) is 13.4. The second kappa shape index (κ2) is 7.36. The molecule has 0 aliphatic heterocycles. The van der Waals surface area contributed by atoms with Gasteiger partial charge in [-0.05, 0) is 58.4 Å². The number of hydrogen-bond donors (Lipinski definition) is 1. The van der Waals surface area contributed by atoms with Crippen molar-refractivity contribution >= 4 is 33.5 Å². The summed E-state index contributed by atoms with van der Waals surface area (Å²) >= 11 is 3.32. The Balaban J connectivity index is 1.65. The van der Waals surface area contributed by atoms with E-state index in [0.717, 1.165) is 4.47 Å². The van der Waals surface area contributed by atoms with Gasteiger partial charge >= 0.3 is 5.97 Å². The van der Waals surface area contributed by atoms with Gasteiger partial charge in [0.2, 0.25) is 0 Å². The number of nitrogens with zero attached hydrogens (tertiary/aromatic N) is 1. The van der Waals surface area contributed by atoms with Gasteiger partial charge in [-0.3, -0.25) is 4.79 Å². The average molecular weight is 399 g/mol. The largest absolute Gasteiger partial charge is 0.422 e. The number of nitrogens with one attached hydrogen (secondary N) is 1. The van der Waals surface area contributed by atoms with Crippen LogP contribution in [0.25, 0.3) is 0 Å². The van der Waals surface area contributed by atoms with Gasteiger partial charge in [0.15, 0.2) is 0 Å². The predicted molar refractivity (Wildman–Crippen MR) is 98.9 cm³/mol. The summed E-state index contributed by atoms with van der Waals surface area (Å²) in [6, 6.07) is 17.3. The van der Waals surface area contributed by atoms with Crippen LogP contribution in [0.1, 0.15) is 20.8 Å². The number of hydrogen-bond acceptors (Lipinski definition) is 3. The van der Waals surface area contributed by atoms with Gasteiger partial charge in [-0.1, -0.05) is 18.2 Å². The van der Waals surface area contributed by atoms with Crippen LogP contribution in [0.3, 0.4) is 0 Å². The topological polar surface area (TPSA) is 60.3 Å². The molecular formula is C19H15BrN2O3.